The second-order valence-electron chi connectivity index (χ2n) is 4.95. The van der Waals surface area contributed by atoms with Crippen LogP contribution in [0.3, 0.4) is 0 Å². The van der Waals surface area contributed by atoms with Gasteiger partial charge in [-0.25, -0.2) is 4.79 Å². The molecule has 5 nitrogen and oxygen atoms in total. The number of aromatic carboxylic acids is 1. The summed E-state index contributed by atoms with van der Waals surface area (Å²) in [6.45, 7) is 2.32. The Morgan fingerprint density at radius 1 is 1.26 bits per heavy atom. The van der Waals surface area contributed by atoms with E-state index in [0.717, 1.165) is 15.7 Å². The first-order chi connectivity index (χ1) is 11.0. The zero-order chi connectivity index (χ0) is 17.0. The molecule has 0 radical (unpaired) electrons. The van der Waals surface area contributed by atoms with E-state index in [1.807, 2.05) is 18.2 Å². The summed E-state index contributed by atoms with van der Waals surface area (Å²) in [7, 11) is 3.17. The number of rotatable bonds is 6. The van der Waals surface area contributed by atoms with E-state index in [9.17, 15) is 9.90 Å². The maximum Gasteiger partial charge on any atom is 0.336 e. The number of methoxy groups -OCH3 is 2. The van der Waals surface area contributed by atoms with Crippen LogP contribution in [0.2, 0.25) is 0 Å². The average molecular weight is 380 g/mol. The van der Waals surface area contributed by atoms with Gasteiger partial charge in [0.15, 0.2) is 11.5 Å². The van der Waals surface area contributed by atoms with Gasteiger partial charge < -0.3 is 19.9 Å². The second-order valence-corrected chi connectivity index (χ2v) is 5.80. The first-order valence-corrected chi connectivity index (χ1v) is 7.74. The fraction of sp³-hybridized carbons (Fsp3) is 0.235. The number of ether oxygens (including phenoxy) is 2. The second kappa shape index (κ2) is 7.37. The number of carboxylic acids is 1. The number of nitrogens with one attached hydrogen (secondary N) is 1. The Bertz CT molecular complexity index is 731. The maximum absolute atomic E-state index is 11.2. The van der Waals surface area contributed by atoms with Gasteiger partial charge in [-0.3, -0.25) is 0 Å². The highest BCUT2D eigenvalue weighted by atomic mass is 79.9. The molecule has 0 heterocycles. The van der Waals surface area contributed by atoms with Crippen LogP contribution in [0, 0.1) is 6.92 Å². The standard InChI is InChI=1S/C17H18BrNO4/c1-10-12(17(20)21)5-4-6-14(10)19-9-11-7-13(18)16(23-3)15(8-11)22-2/h4-8,19H,9H2,1-3H3,(H,20,21). The van der Waals surface area contributed by atoms with Crippen molar-refractivity contribution in [1.29, 1.82) is 0 Å². The molecule has 0 spiro atoms. The van der Waals surface area contributed by atoms with Crippen molar-refractivity contribution in [3.63, 3.8) is 0 Å². The van der Waals surface area contributed by atoms with Crippen molar-refractivity contribution in [2.45, 2.75) is 13.5 Å². The van der Waals surface area contributed by atoms with Crippen LogP contribution in [-0.4, -0.2) is 25.3 Å². The molecule has 0 saturated heterocycles. The molecular weight excluding hydrogens is 362 g/mol. The molecule has 2 aromatic carbocycles. The predicted molar refractivity (Wildman–Crippen MR) is 92.7 cm³/mol. The van der Waals surface area contributed by atoms with Gasteiger partial charge in [-0.15, -0.1) is 0 Å². The van der Waals surface area contributed by atoms with Gasteiger partial charge in [-0.1, -0.05) is 6.07 Å². The van der Waals surface area contributed by atoms with Gasteiger partial charge in [0.05, 0.1) is 24.3 Å². The van der Waals surface area contributed by atoms with E-state index >= 15 is 0 Å². The van der Waals surface area contributed by atoms with E-state index in [0.29, 0.717) is 29.2 Å². The predicted octanol–water partition coefficient (Wildman–Crippen LogP) is 4.09. The lowest BCUT2D eigenvalue weighted by Crippen LogP contribution is -2.06. The molecule has 0 saturated carbocycles. The van der Waals surface area contributed by atoms with Gasteiger partial charge in [-0.2, -0.15) is 0 Å². The monoisotopic (exact) mass is 379 g/mol. The lowest BCUT2D eigenvalue weighted by molar-refractivity contribution is 0.0696. The SMILES string of the molecule is COc1cc(CNc2cccc(C(=O)O)c2C)cc(Br)c1OC. The molecule has 6 heteroatoms. The zero-order valence-corrected chi connectivity index (χ0v) is 14.7. The molecule has 122 valence electrons. The van der Waals surface area contributed by atoms with Gasteiger partial charge in [0.1, 0.15) is 0 Å². The Hall–Kier alpha value is -2.21. The normalized spacial score (nSPS) is 10.3. The molecule has 2 aromatic rings. The zero-order valence-electron chi connectivity index (χ0n) is 13.1. The van der Waals surface area contributed by atoms with Gasteiger partial charge in [0.2, 0.25) is 0 Å². The number of carbonyl (C=O) groups is 1. The Balaban J connectivity index is 2.23. The Morgan fingerprint density at radius 3 is 2.61 bits per heavy atom. The van der Waals surface area contributed by atoms with Crippen LogP contribution in [0.5, 0.6) is 11.5 Å². The summed E-state index contributed by atoms with van der Waals surface area (Å²) >= 11 is 3.46. The fourth-order valence-electron chi connectivity index (χ4n) is 2.33. The summed E-state index contributed by atoms with van der Waals surface area (Å²) in [5.74, 6) is 0.343. The lowest BCUT2D eigenvalue weighted by atomic mass is 10.1. The van der Waals surface area contributed by atoms with Gasteiger partial charge in [-0.05, 0) is 58.2 Å². The first kappa shape index (κ1) is 17.1. The van der Waals surface area contributed by atoms with E-state index in [1.165, 1.54) is 0 Å². The molecule has 23 heavy (non-hydrogen) atoms. The summed E-state index contributed by atoms with van der Waals surface area (Å²) in [6.07, 6.45) is 0. The Morgan fingerprint density at radius 2 is 2.00 bits per heavy atom. The highest BCUT2D eigenvalue weighted by molar-refractivity contribution is 9.10. The number of hydrogen-bond acceptors (Lipinski definition) is 4. The maximum atomic E-state index is 11.2. The molecule has 2 N–H and O–H groups in total. The van der Waals surface area contributed by atoms with E-state index < -0.39 is 5.97 Å². The molecule has 0 aliphatic heterocycles. The van der Waals surface area contributed by atoms with E-state index in [1.54, 1.807) is 33.3 Å². The molecule has 0 aromatic heterocycles. The average Bonchev–Trinajstić information content (AvgIpc) is 2.52. The number of anilines is 1. The first-order valence-electron chi connectivity index (χ1n) is 6.95. The molecule has 0 atom stereocenters. The minimum atomic E-state index is -0.931. The van der Waals surface area contributed by atoms with Crippen LogP contribution < -0.4 is 14.8 Å². The van der Waals surface area contributed by atoms with Crippen LogP contribution in [-0.2, 0) is 6.54 Å². The molecule has 0 aliphatic carbocycles. The third-order valence-electron chi connectivity index (χ3n) is 3.54. The van der Waals surface area contributed by atoms with Crippen molar-refractivity contribution in [2.24, 2.45) is 0 Å². The molecule has 0 aliphatic rings. The highest BCUT2D eigenvalue weighted by Crippen LogP contribution is 2.36. The summed E-state index contributed by atoms with van der Waals surface area (Å²) in [5, 5.41) is 12.4. The van der Waals surface area contributed by atoms with Crippen LogP contribution in [0.4, 0.5) is 5.69 Å². The minimum absolute atomic E-state index is 0.295. The third kappa shape index (κ3) is 3.76. The molecule has 0 unspecified atom stereocenters. The van der Waals surface area contributed by atoms with Crippen molar-refractivity contribution in [3.05, 3.63) is 51.5 Å². The van der Waals surface area contributed by atoms with E-state index in [-0.39, 0.29) is 0 Å². The van der Waals surface area contributed by atoms with Crippen LogP contribution in [0.25, 0.3) is 0 Å². The van der Waals surface area contributed by atoms with Crippen molar-refractivity contribution >= 4 is 27.6 Å². The topological polar surface area (TPSA) is 67.8 Å². The van der Waals surface area contributed by atoms with Crippen LogP contribution in [0.1, 0.15) is 21.5 Å². The third-order valence-corrected chi connectivity index (χ3v) is 4.13. The number of halogens is 1. The fourth-order valence-corrected chi connectivity index (χ4v) is 2.98. The van der Waals surface area contributed by atoms with E-state index in [4.69, 9.17) is 9.47 Å². The molecular formula is C17H18BrNO4. The van der Waals surface area contributed by atoms with Gasteiger partial charge >= 0.3 is 5.97 Å². The molecule has 0 amide bonds. The minimum Gasteiger partial charge on any atom is -0.493 e. The number of benzene rings is 2. The number of carboxylic acid groups (broad SMARTS) is 1. The Labute approximate surface area is 143 Å². The van der Waals surface area contributed by atoms with E-state index in [2.05, 4.69) is 21.2 Å². The number of hydrogen-bond donors (Lipinski definition) is 2. The molecule has 0 fully saturated rings. The molecule has 2 rings (SSSR count). The van der Waals surface area contributed by atoms with Crippen LogP contribution in [0.15, 0.2) is 34.8 Å². The summed E-state index contributed by atoms with van der Waals surface area (Å²) in [6, 6.07) is 8.99. The Kier molecular flexibility index (Phi) is 5.50. The summed E-state index contributed by atoms with van der Waals surface area (Å²) in [5.41, 5.74) is 2.77. The largest absolute Gasteiger partial charge is 0.493 e. The molecule has 0 bridgehead atoms. The van der Waals surface area contributed by atoms with Crippen molar-refractivity contribution in [3.8, 4) is 11.5 Å². The smallest absolute Gasteiger partial charge is 0.336 e. The van der Waals surface area contributed by atoms with Gasteiger partial charge in [0.25, 0.3) is 0 Å². The van der Waals surface area contributed by atoms with Crippen molar-refractivity contribution < 1.29 is 19.4 Å². The van der Waals surface area contributed by atoms with Crippen molar-refractivity contribution in [2.75, 3.05) is 19.5 Å². The summed E-state index contributed by atoms with van der Waals surface area (Å²) < 4.78 is 11.4. The quantitative estimate of drug-likeness (QED) is 0.790. The highest BCUT2D eigenvalue weighted by Gasteiger charge is 2.12. The van der Waals surface area contributed by atoms with Crippen LogP contribution >= 0.6 is 15.9 Å². The van der Waals surface area contributed by atoms with Gasteiger partial charge in [0, 0.05) is 12.2 Å². The van der Waals surface area contributed by atoms with Crippen molar-refractivity contribution in [1.82, 2.24) is 0 Å². The summed E-state index contributed by atoms with van der Waals surface area (Å²) in [4.78, 5) is 11.2. The lowest BCUT2D eigenvalue weighted by Gasteiger charge is -2.14.